The van der Waals surface area contributed by atoms with Gasteiger partial charge in [0.15, 0.2) is 5.89 Å². The number of hydrogen-bond acceptors (Lipinski definition) is 4. The van der Waals surface area contributed by atoms with Crippen LogP contribution in [0.15, 0.2) is 59.0 Å². The van der Waals surface area contributed by atoms with Gasteiger partial charge in [0.2, 0.25) is 0 Å². The third-order valence-electron chi connectivity index (χ3n) is 3.26. The number of rotatable bonds is 3. The molecule has 0 unspecified atom stereocenters. The van der Waals surface area contributed by atoms with Gasteiger partial charge in [-0.2, -0.15) is 0 Å². The van der Waals surface area contributed by atoms with Crippen molar-refractivity contribution in [1.29, 1.82) is 0 Å². The quantitative estimate of drug-likeness (QED) is 0.769. The number of aromatic nitrogens is 1. The van der Waals surface area contributed by atoms with Crippen molar-refractivity contribution < 1.29 is 13.9 Å². The topological polar surface area (TPSA) is 64.4 Å². The number of carbonyl (C=O) groups is 1. The number of ether oxygens (including phenoxy) is 1. The Bertz CT molecular complexity index is 808. The molecule has 2 aromatic carbocycles. The minimum atomic E-state index is -0.530. The highest BCUT2D eigenvalue weighted by molar-refractivity contribution is 5.86. The largest absolute Gasteiger partial charge is 0.446 e. The Morgan fingerprint density at radius 2 is 1.74 bits per heavy atom. The minimum absolute atomic E-state index is 0.496. The second-order valence-electron chi connectivity index (χ2n) is 5.04. The monoisotopic (exact) mass is 308 g/mol. The molecule has 0 aliphatic carbocycles. The summed E-state index contributed by atoms with van der Waals surface area (Å²) in [6, 6.07) is 16.3. The summed E-state index contributed by atoms with van der Waals surface area (Å²) < 4.78 is 10.6. The first-order valence-electron chi connectivity index (χ1n) is 7.20. The molecule has 116 valence electrons. The second kappa shape index (κ2) is 6.36. The van der Waals surface area contributed by atoms with Crippen molar-refractivity contribution in [3.05, 3.63) is 66.2 Å². The molecule has 1 aromatic heterocycles. The molecule has 3 rings (SSSR count). The first-order valence-corrected chi connectivity index (χ1v) is 7.20. The first-order chi connectivity index (χ1) is 11.1. The van der Waals surface area contributed by atoms with E-state index in [4.69, 9.17) is 9.15 Å². The zero-order valence-electron chi connectivity index (χ0n) is 12.9. The van der Waals surface area contributed by atoms with Crippen LogP contribution in [0.2, 0.25) is 0 Å². The van der Waals surface area contributed by atoms with Crippen LogP contribution in [0.1, 0.15) is 11.7 Å². The molecule has 0 bridgehead atoms. The third-order valence-corrected chi connectivity index (χ3v) is 3.26. The van der Waals surface area contributed by atoms with Gasteiger partial charge in [0, 0.05) is 18.2 Å². The first kappa shape index (κ1) is 14.8. The van der Waals surface area contributed by atoms with Gasteiger partial charge in [-0.05, 0) is 31.2 Å². The van der Waals surface area contributed by atoms with Crippen LogP contribution in [0.25, 0.3) is 11.3 Å². The molecule has 1 N–H and O–H groups in total. The molecule has 0 aliphatic heterocycles. The van der Waals surface area contributed by atoms with Crippen LogP contribution in [0.3, 0.4) is 0 Å². The Hall–Kier alpha value is -3.08. The van der Waals surface area contributed by atoms with Crippen LogP contribution in [0.4, 0.5) is 10.5 Å². The summed E-state index contributed by atoms with van der Waals surface area (Å²) >= 11 is 0. The van der Waals surface area contributed by atoms with Crippen molar-refractivity contribution in [3.8, 4) is 17.0 Å². The summed E-state index contributed by atoms with van der Waals surface area (Å²) in [5, 5.41) is 2.68. The number of amides is 1. The van der Waals surface area contributed by atoms with Crippen LogP contribution in [0.5, 0.6) is 5.75 Å². The van der Waals surface area contributed by atoms with Crippen LogP contribution in [0, 0.1) is 13.8 Å². The SMILES string of the molecule is Cc1nc(-c2ccc(NC(=O)Oc3ccccc3)cc2)c(C)o1. The zero-order valence-corrected chi connectivity index (χ0v) is 12.9. The maximum atomic E-state index is 11.8. The van der Waals surface area contributed by atoms with E-state index in [2.05, 4.69) is 10.3 Å². The van der Waals surface area contributed by atoms with Gasteiger partial charge in [-0.3, -0.25) is 5.32 Å². The summed E-state index contributed by atoms with van der Waals surface area (Å²) in [7, 11) is 0. The van der Waals surface area contributed by atoms with Crippen molar-refractivity contribution in [3.63, 3.8) is 0 Å². The van der Waals surface area contributed by atoms with Gasteiger partial charge in [0.1, 0.15) is 17.2 Å². The van der Waals surface area contributed by atoms with Crippen molar-refractivity contribution in [2.45, 2.75) is 13.8 Å². The number of oxazole rings is 1. The summed E-state index contributed by atoms with van der Waals surface area (Å²) in [5.74, 6) is 1.90. The molecule has 0 fully saturated rings. The van der Waals surface area contributed by atoms with Gasteiger partial charge in [0.05, 0.1) is 0 Å². The van der Waals surface area contributed by atoms with Gasteiger partial charge < -0.3 is 9.15 Å². The summed E-state index contributed by atoms with van der Waals surface area (Å²) in [6.45, 7) is 3.69. The fraction of sp³-hybridized carbons (Fsp3) is 0.111. The maximum Gasteiger partial charge on any atom is 0.417 e. The molecule has 1 amide bonds. The lowest BCUT2D eigenvalue weighted by atomic mass is 10.1. The van der Waals surface area contributed by atoms with E-state index >= 15 is 0 Å². The summed E-state index contributed by atoms with van der Waals surface area (Å²) in [4.78, 5) is 16.2. The molecule has 0 atom stereocenters. The highest BCUT2D eigenvalue weighted by atomic mass is 16.6. The van der Waals surface area contributed by atoms with Gasteiger partial charge in [-0.15, -0.1) is 0 Å². The maximum absolute atomic E-state index is 11.8. The molecule has 0 saturated heterocycles. The predicted octanol–water partition coefficient (Wildman–Crippen LogP) is 4.57. The highest BCUT2D eigenvalue weighted by Gasteiger charge is 2.10. The fourth-order valence-corrected chi connectivity index (χ4v) is 2.25. The lowest BCUT2D eigenvalue weighted by Gasteiger charge is -2.07. The van der Waals surface area contributed by atoms with Crippen molar-refractivity contribution in [2.75, 3.05) is 5.32 Å². The van der Waals surface area contributed by atoms with Crippen LogP contribution < -0.4 is 10.1 Å². The van der Waals surface area contributed by atoms with E-state index in [9.17, 15) is 4.79 Å². The van der Waals surface area contributed by atoms with E-state index in [0.29, 0.717) is 17.3 Å². The summed E-state index contributed by atoms with van der Waals surface area (Å²) in [6.07, 6.45) is -0.530. The Balaban J connectivity index is 1.68. The van der Waals surface area contributed by atoms with Gasteiger partial charge in [-0.1, -0.05) is 30.3 Å². The lowest BCUT2D eigenvalue weighted by Crippen LogP contribution is -2.16. The van der Waals surface area contributed by atoms with E-state index in [0.717, 1.165) is 17.0 Å². The Kier molecular flexibility index (Phi) is 4.10. The zero-order chi connectivity index (χ0) is 16.2. The average molecular weight is 308 g/mol. The molecular weight excluding hydrogens is 292 g/mol. The predicted molar refractivity (Wildman–Crippen MR) is 87.5 cm³/mol. The number of anilines is 1. The number of benzene rings is 2. The number of aryl methyl sites for hydroxylation is 2. The number of para-hydroxylation sites is 1. The fourth-order valence-electron chi connectivity index (χ4n) is 2.25. The molecule has 0 radical (unpaired) electrons. The molecule has 0 saturated carbocycles. The highest BCUT2D eigenvalue weighted by Crippen LogP contribution is 2.24. The second-order valence-corrected chi connectivity index (χ2v) is 5.04. The normalized spacial score (nSPS) is 10.3. The molecular formula is C18H16N2O3. The number of nitrogens with zero attached hydrogens (tertiary/aromatic N) is 1. The molecule has 5 heteroatoms. The number of carbonyl (C=O) groups excluding carboxylic acids is 1. The van der Waals surface area contributed by atoms with Gasteiger partial charge >= 0.3 is 6.09 Å². The third kappa shape index (κ3) is 3.58. The Labute approximate surface area is 133 Å². The minimum Gasteiger partial charge on any atom is -0.446 e. The Morgan fingerprint density at radius 1 is 1.04 bits per heavy atom. The molecule has 0 spiro atoms. The van der Waals surface area contributed by atoms with Gasteiger partial charge in [0.25, 0.3) is 0 Å². The van der Waals surface area contributed by atoms with E-state index in [1.165, 1.54) is 0 Å². The van der Waals surface area contributed by atoms with E-state index in [1.807, 2.05) is 32.0 Å². The van der Waals surface area contributed by atoms with E-state index in [1.54, 1.807) is 36.4 Å². The van der Waals surface area contributed by atoms with E-state index in [-0.39, 0.29) is 0 Å². The summed E-state index contributed by atoms with van der Waals surface area (Å²) in [5.41, 5.74) is 2.38. The lowest BCUT2D eigenvalue weighted by molar-refractivity contribution is 0.215. The van der Waals surface area contributed by atoms with E-state index < -0.39 is 6.09 Å². The Morgan fingerprint density at radius 3 is 2.35 bits per heavy atom. The van der Waals surface area contributed by atoms with Crippen LogP contribution in [-0.2, 0) is 0 Å². The number of hydrogen-bond donors (Lipinski definition) is 1. The van der Waals surface area contributed by atoms with Crippen molar-refractivity contribution in [1.82, 2.24) is 4.98 Å². The molecule has 5 nitrogen and oxygen atoms in total. The van der Waals surface area contributed by atoms with Crippen molar-refractivity contribution >= 4 is 11.8 Å². The molecule has 1 heterocycles. The standard InChI is InChI=1S/C18H16N2O3/c1-12-17(19-13(2)22-12)14-8-10-15(11-9-14)20-18(21)23-16-6-4-3-5-7-16/h3-11H,1-2H3,(H,20,21). The van der Waals surface area contributed by atoms with Gasteiger partial charge in [-0.25, -0.2) is 9.78 Å². The average Bonchev–Trinajstić information content (AvgIpc) is 2.87. The molecule has 23 heavy (non-hydrogen) atoms. The van der Waals surface area contributed by atoms with Crippen LogP contribution >= 0.6 is 0 Å². The molecule has 3 aromatic rings. The van der Waals surface area contributed by atoms with Crippen LogP contribution in [-0.4, -0.2) is 11.1 Å². The molecule has 0 aliphatic rings. The van der Waals surface area contributed by atoms with Crippen molar-refractivity contribution in [2.24, 2.45) is 0 Å². The number of nitrogens with one attached hydrogen (secondary N) is 1. The smallest absolute Gasteiger partial charge is 0.417 e.